The van der Waals surface area contributed by atoms with Crippen LogP contribution in [0.5, 0.6) is 0 Å². The number of aliphatic hydroxyl groups is 1. The van der Waals surface area contributed by atoms with Crippen molar-refractivity contribution in [1.29, 1.82) is 0 Å². The van der Waals surface area contributed by atoms with Gasteiger partial charge in [0.1, 0.15) is 0 Å². The number of rotatable bonds is 2. The molecule has 0 unspecified atom stereocenters. The largest absolute Gasteiger partial charge is 0.416 e. The van der Waals surface area contributed by atoms with Crippen molar-refractivity contribution in [2.45, 2.75) is 25.2 Å². The lowest BCUT2D eigenvalue weighted by Crippen LogP contribution is -2.38. The van der Waals surface area contributed by atoms with Gasteiger partial charge in [0.2, 0.25) is 0 Å². The molecule has 0 bridgehead atoms. The zero-order chi connectivity index (χ0) is 15.7. The Morgan fingerprint density at radius 3 is 2.32 bits per heavy atom. The molecule has 0 saturated heterocycles. The van der Waals surface area contributed by atoms with E-state index in [0.717, 1.165) is 35.2 Å². The van der Waals surface area contributed by atoms with E-state index in [9.17, 15) is 18.3 Å². The van der Waals surface area contributed by atoms with E-state index in [0.29, 0.717) is 6.54 Å². The van der Waals surface area contributed by atoms with E-state index in [4.69, 9.17) is 0 Å². The lowest BCUT2D eigenvalue weighted by molar-refractivity contribution is -0.137. The summed E-state index contributed by atoms with van der Waals surface area (Å²) in [4.78, 5) is 0. The molecule has 0 fully saturated rings. The van der Waals surface area contributed by atoms with Gasteiger partial charge in [-0.3, -0.25) is 0 Å². The van der Waals surface area contributed by atoms with Crippen LogP contribution in [0.1, 0.15) is 16.7 Å². The Morgan fingerprint density at radius 2 is 1.68 bits per heavy atom. The summed E-state index contributed by atoms with van der Waals surface area (Å²) in [5, 5.41) is 12.4. The van der Waals surface area contributed by atoms with Crippen molar-refractivity contribution in [3.63, 3.8) is 0 Å². The van der Waals surface area contributed by atoms with Crippen molar-refractivity contribution in [2.75, 3.05) is 6.61 Å². The molecule has 2 aromatic rings. The van der Waals surface area contributed by atoms with E-state index in [2.05, 4.69) is 5.32 Å². The molecule has 22 heavy (non-hydrogen) atoms. The van der Waals surface area contributed by atoms with Gasteiger partial charge < -0.3 is 10.4 Å². The van der Waals surface area contributed by atoms with Crippen molar-refractivity contribution in [1.82, 2.24) is 5.32 Å². The van der Waals surface area contributed by atoms with Gasteiger partial charge in [0.05, 0.1) is 12.2 Å². The topological polar surface area (TPSA) is 32.3 Å². The number of alkyl halides is 3. The third-order valence-corrected chi connectivity index (χ3v) is 4.02. The second-order valence-electron chi connectivity index (χ2n) is 5.52. The molecule has 1 aliphatic rings. The normalized spacial score (nSPS) is 18.1. The quantitative estimate of drug-likeness (QED) is 0.891. The van der Waals surface area contributed by atoms with Crippen LogP contribution in [0.15, 0.2) is 42.5 Å². The van der Waals surface area contributed by atoms with Crippen LogP contribution in [0.3, 0.4) is 0 Å². The number of hydrogen-bond donors (Lipinski definition) is 2. The predicted molar refractivity (Wildman–Crippen MR) is 78.3 cm³/mol. The van der Waals surface area contributed by atoms with Gasteiger partial charge in [-0.15, -0.1) is 0 Å². The maximum Gasteiger partial charge on any atom is 0.416 e. The molecule has 5 heteroatoms. The Bertz CT molecular complexity index is 665. The minimum atomic E-state index is -4.31. The predicted octanol–water partition coefficient (Wildman–Crippen LogP) is 3.38. The Balaban J connectivity index is 1.87. The zero-order valence-electron chi connectivity index (χ0n) is 11.8. The van der Waals surface area contributed by atoms with E-state index < -0.39 is 11.7 Å². The van der Waals surface area contributed by atoms with Crippen LogP contribution >= 0.6 is 0 Å². The molecule has 0 amide bonds. The highest BCUT2D eigenvalue weighted by Crippen LogP contribution is 2.31. The van der Waals surface area contributed by atoms with Gasteiger partial charge in [0, 0.05) is 12.6 Å². The van der Waals surface area contributed by atoms with Crippen LogP contribution in [0.2, 0.25) is 0 Å². The first kappa shape index (κ1) is 15.1. The van der Waals surface area contributed by atoms with Crippen molar-refractivity contribution in [3.05, 3.63) is 59.2 Å². The summed E-state index contributed by atoms with van der Waals surface area (Å²) >= 11 is 0. The molecule has 1 heterocycles. The first-order valence-corrected chi connectivity index (χ1v) is 7.11. The highest BCUT2D eigenvalue weighted by molar-refractivity contribution is 5.65. The van der Waals surface area contributed by atoms with Gasteiger partial charge in [0.25, 0.3) is 0 Å². The Hall–Kier alpha value is -1.85. The van der Waals surface area contributed by atoms with Crippen LogP contribution in [0, 0.1) is 0 Å². The minimum Gasteiger partial charge on any atom is -0.395 e. The summed E-state index contributed by atoms with van der Waals surface area (Å²) in [7, 11) is 0. The monoisotopic (exact) mass is 307 g/mol. The maximum atomic E-state index is 12.6. The smallest absolute Gasteiger partial charge is 0.395 e. The minimum absolute atomic E-state index is 0.0735. The van der Waals surface area contributed by atoms with E-state index in [1.807, 2.05) is 18.2 Å². The average molecular weight is 307 g/mol. The third kappa shape index (κ3) is 3.00. The third-order valence-electron chi connectivity index (χ3n) is 4.02. The highest BCUT2D eigenvalue weighted by Gasteiger charge is 2.30. The summed E-state index contributed by atoms with van der Waals surface area (Å²) in [6.45, 7) is 0.759. The SMILES string of the molecule is OC[C@@H]1Cc2ccc(-c3ccc(C(F)(F)F)cc3)cc2CN1. The Morgan fingerprint density at radius 1 is 1.00 bits per heavy atom. The average Bonchev–Trinajstić information content (AvgIpc) is 2.53. The standard InChI is InChI=1S/C17H16F3NO/c18-17(19,20)15-5-3-11(4-6-15)12-1-2-13-8-16(10-22)21-9-14(13)7-12/h1-7,16,21-22H,8-10H2/t16-/m0/s1. The highest BCUT2D eigenvalue weighted by atomic mass is 19.4. The van der Waals surface area contributed by atoms with Crippen molar-refractivity contribution < 1.29 is 18.3 Å². The summed E-state index contributed by atoms with van der Waals surface area (Å²) < 4.78 is 37.8. The molecule has 0 radical (unpaired) electrons. The van der Waals surface area contributed by atoms with Gasteiger partial charge in [-0.1, -0.05) is 24.3 Å². The fraction of sp³-hybridized carbons (Fsp3) is 0.294. The first-order valence-electron chi connectivity index (χ1n) is 7.11. The number of halogens is 3. The fourth-order valence-corrected chi connectivity index (χ4v) is 2.74. The number of fused-ring (bicyclic) bond motifs is 1. The molecule has 1 aliphatic heterocycles. The molecule has 0 aliphatic carbocycles. The molecule has 3 rings (SSSR count). The molecule has 0 saturated carbocycles. The maximum absolute atomic E-state index is 12.6. The van der Waals surface area contributed by atoms with Crippen LogP contribution < -0.4 is 5.32 Å². The summed E-state index contributed by atoms with van der Waals surface area (Å²) in [5.74, 6) is 0. The molecular weight excluding hydrogens is 291 g/mol. The molecule has 0 spiro atoms. The number of benzene rings is 2. The molecule has 2 N–H and O–H groups in total. The molecule has 0 aromatic heterocycles. The first-order chi connectivity index (χ1) is 10.5. The molecular formula is C17H16F3NO. The second-order valence-corrected chi connectivity index (χ2v) is 5.52. The van der Waals surface area contributed by atoms with Gasteiger partial charge in [0.15, 0.2) is 0 Å². The van der Waals surface area contributed by atoms with E-state index in [1.54, 1.807) is 0 Å². The van der Waals surface area contributed by atoms with Crippen LogP contribution in [-0.4, -0.2) is 17.8 Å². The number of nitrogens with one attached hydrogen (secondary N) is 1. The van der Waals surface area contributed by atoms with Gasteiger partial charge >= 0.3 is 6.18 Å². The van der Waals surface area contributed by atoms with Gasteiger partial charge in [-0.05, 0) is 46.9 Å². The Labute approximate surface area is 126 Å². The second kappa shape index (κ2) is 5.74. The van der Waals surface area contributed by atoms with E-state index in [1.165, 1.54) is 17.7 Å². The number of hydrogen-bond acceptors (Lipinski definition) is 2. The van der Waals surface area contributed by atoms with E-state index in [-0.39, 0.29) is 12.6 Å². The Kier molecular flexibility index (Phi) is 3.93. The molecule has 1 atom stereocenters. The van der Waals surface area contributed by atoms with Gasteiger partial charge in [-0.25, -0.2) is 0 Å². The molecule has 2 aromatic carbocycles. The molecule has 2 nitrogen and oxygen atoms in total. The van der Waals surface area contributed by atoms with Crippen LogP contribution in [0.25, 0.3) is 11.1 Å². The van der Waals surface area contributed by atoms with Crippen molar-refractivity contribution in [3.8, 4) is 11.1 Å². The fourth-order valence-electron chi connectivity index (χ4n) is 2.74. The van der Waals surface area contributed by atoms with Crippen molar-refractivity contribution >= 4 is 0 Å². The van der Waals surface area contributed by atoms with E-state index >= 15 is 0 Å². The van der Waals surface area contributed by atoms with Crippen LogP contribution in [-0.2, 0) is 19.1 Å². The molecule has 116 valence electrons. The lowest BCUT2D eigenvalue weighted by Gasteiger charge is -2.25. The summed E-state index contributed by atoms with van der Waals surface area (Å²) in [6, 6.07) is 11.2. The van der Waals surface area contributed by atoms with Crippen molar-refractivity contribution in [2.24, 2.45) is 0 Å². The van der Waals surface area contributed by atoms with Gasteiger partial charge in [-0.2, -0.15) is 13.2 Å². The summed E-state index contributed by atoms with van der Waals surface area (Å²) in [5.41, 5.74) is 3.33. The summed E-state index contributed by atoms with van der Waals surface area (Å²) in [6.07, 6.45) is -3.54. The van der Waals surface area contributed by atoms with Crippen LogP contribution in [0.4, 0.5) is 13.2 Å². The zero-order valence-corrected chi connectivity index (χ0v) is 11.8. The number of aliphatic hydroxyl groups excluding tert-OH is 1. The lowest BCUT2D eigenvalue weighted by atomic mass is 9.92.